The van der Waals surface area contributed by atoms with E-state index in [-0.39, 0.29) is 0 Å². The van der Waals surface area contributed by atoms with Crippen molar-refractivity contribution in [1.82, 2.24) is 4.98 Å². The average molecular weight is 222 g/mol. The van der Waals surface area contributed by atoms with E-state index in [0.717, 1.165) is 16.3 Å². The molecule has 0 fully saturated rings. The summed E-state index contributed by atoms with van der Waals surface area (Å²) < 4.78 is 0. The molecule has 1 unspecified atom stereocenters. The van der Waals surface area contributed by atoms with Gasteiger partial charge in [-0.25, -0.2) is 6.07 Å². The number of hydrogen-bond donors (Lipinski definition) is 1. The molecule has 1 aromatic heterocycles. The molecule has 0 aliphatic carbocycles. The summed E-state index contributed by atoms with van der Waals surface area (Å²) in [7, 11) is 0. The largest absolute Gasteiger partial charge is 0.395 e. The molecule has 84 valence electrons. The van der Waals surface area contributed by atoms with Gasteiger partial charge in [-0.05, 0) is 11.5 Å². The molecule has 0 bridgehead atoms. The van der Waals surface area contributed by atoms with Crippen LogP contribution in [0, 0.1) is 0 Å². The van der Waals surface area contributed by atoms with Crippen LogP contribution in [0.2, 0.25) is 0 Å². The molecule has 0 spiro atoms. The van der Waals surface area contributed by atoms with Crippen molar-refractivity contribution in [2.24, 2.45) is 0 Å². The third-order valence-electron chi connectivity index (χ3n) is 2.97. The van der Waals surface area contributed by atoms with Gasteiger partial charge in [-0.3, -0.25) is 4.98 Å². The Hall–Kier alpha value is -2.06. The Morgan fingerprint density at radius 3 is 2.82 bits per heavy atom. The summed E-state index contributed by atoms with van der Waals surface area (Å²) in [4.78, 5) is 4.31. The third-order valence-corrected chi connectivity index (χ3v) is 2.97. The van der Waals surface area contributed by atoms with Gasteiger partial charge in [-0.1, -0.05) is 24.3 Å². The molecule has 17 heavy (non-hydrogen) atoms. The Kier molecular flexibility index (Phi) is 2.42. The monoisotopic (exact) mass is 222 g/mol. The molecule has 2 heteroatoms. The summed E-state index contributed by atoms with van der Waals surface area (Å²) in [5.74, 6) is 0. The van der Waals surface area contributed by atoms with E-state index >= 15 is 0 Å². The lowest BCUT2D eigenvalue weighted by Crippen LogP contribution is -2.01. The van der Waals surface area contributed by atoms with Crippen LogP contribution >= 0.6 is 0 Å². The minimum atomic E-state index is -0.656. The first kappa shape index (κ1) is 10.1. The van der Waals surface area contributed by atoms with Gasteiger partial charge in [0.2, 0.25) is 0 Å². The number of benzene rings is 1. The molecule has 0 aliphatic rings. The minimum absolute atomic E-state index is 0.656. The second kappa shape index (κ2) is 4.07. The van der Waals surface area contributed by atoms with Crippen molar-refractivity contribution in [3.8, 4) is 0 Å². The molecular weight excluding hydrogens is 210 g/mol. The van der Waals surface area contributed by atoms with Gasteiger partial charge in [-0.15, -0.1) is 0 Å². The molecule has 3 rings (SSSR count). The maximum absolute atomic E-state index is 10.3. The van der Waals surface area contributed by atoms with Crippen molar-refractivity contribution in [2.45, 2.75) is 6.10 Å². The zero-order valence-electron chi connectivity index (χ0n) is 9.25. The zero-order valence-corrected chi connectivity index (χ0v) is 9.25. The van der Waals surface area contributed by atoms with Gasteiger partial charge in [0.15, 0.2) is 0 Å². The van der Waals surface area contributed by atoms with Crippen LogP contribution in [0.4, 0.5) is 0 Å². The van der Waals surface area contributed by atoms with Crippen LogP contribution in [0.15, 0.2) is 60.8 Å². The number of nitrogens with zero attached hydrogens (tertiary/aromatic N) is 1. The summed E-state index contributed by atoms with van der Waals surface area (Å²) in [6, 6.07) is 17.6. The number of aliphatic hydroxyl groups excluding tert-OH is 1. The third kappa shape index (κ3) is 1.73. The molecule has 0 saturated heterocycles. The topological polar surface area (TPSA) is 33.1 Å². The number of hydrogen-bond acceptors (Lipinski definition) is 2. The Balaban J connectivity index is 2.17. The quantitative estimate of drug-likeness (QED) is 0.676. The van der Waals surface area contributed by atoms with E-state index in [9.17, 15) is 5.11 Å². The first-order chi connectivity index (χ1) is 8.36. The average Bonchev–Trinajstić information content (AvgIpc) is 2.91. The van der Waals surface area contributed by atoms with Crippen molar-refractivity contribution in [3.63, 3.8) is 0 Å². The molecule has 2 aromatic carbocycles. The summed E-state index contributed by atoms with van der Waals surface area (Å²) in [6.07, 6.45) is 1.08. The van der Waals surface area contributed by atoms with Crippen LogP contribution in [-0.2, 0) is 0 Å². The summed E-state index contributed by atoms with van der Waals surface area (Å²) >= 11 is 0. The van der Waals surface area contributed by atoms with Crippen LogP contribution in [0.1, 0.15) is 17.4 Å². The Morgan fingerprint density at radius 1 is 1.12 bits per heavy atom. The maximum Gasteiger partial charge on any atom is 0.0684 e. The number of aromatic nitrogens is 1. The fraction of sp³-hybridized carbons (Fsp3) is 0.0667. The van der Waals surface area contributed by atoms with E-state index in [1.54, 1.807) is 6.20 Å². The normalized spacial score (nSPS) is 12.8. The van der Waals surface area contributed by atoms with Crippen molar-refractivity contribution >= 4 is 10.8 Å². The second-order valence-corrected chi connectivity index (χ2v) is 4.04. The van der Waals surface area contributed by atoms with Crippen molar-refractivity contribution in [2.75, 3.05) is 0 Å². The first-order valence-electron chi connectivity index (χ1n) is 5.59. The van der Waals surface area contributed by atoms with Gasteiger partial charge < -0.3 is 5.11 Å². The predicted molar refractivity (Wildman–Crippen MR) is 67.8 cm³/mol. The van der Waals surface area contributed by atoms with E-state index < -0.39 is 6.10 Å². The van der Waals surface area contributed by atoms with E-state index in [2.05, 4.69) is 4.98 Å². The number of rotatable bonds is 2. The zero-order chi connectivity index (χ0) is 11.7. The van der Waals surface area contributed by atoms with Crippen LogP contribution in [-0.4, -0.2) is 10.1 Å². The van der Waals surface area contributed by atoms with E-state index in [1.165, 1.54) is 0 Å². The lowest BCUT2D eigenvalue weighted by Gasteiger charge is -2.16. The number of aliphatic hydroxyl groups is 1. The van der Waals surface area contributed by atoms with Gasteiger partial charge in [-0.2, -0.15) is 23.8 Å². The lowest BCUT2D eigenvalue weighted by atomic mass is 10.0. The Morgan fingerprint density at radius 2 is 2.00 bits per heavy atom. The number of fused-ring (bicyclic) bond motifs is 1. The van der Waals surface area contributed by atoms with Crippen molar-refractivity contribution in [3.05, 3.63) is 72.1 Å². The molecule has 0 amide bonds. The highest BCUT2D eigenvalue weighted by molar-refractivity contribution is 5.84. The molecule has 0 aliphatic heterocycles. The Labute approximate surface area is 99.5 Å². The minimum Gasteiger partial charge on any atom is -0.395 e. The molecule has 3 aromatic rings. The van der Waals surface area contributed by atoms with Crippen LogP contribution in [0.25, 0.3) is 10.8 Å². The fourth-order valence-corrected chi connectivity index (χ4v) is 2.09. The van der Waals surface area contributed by atoms with E-state index in [0.29, 0.717) is 5.69 Å². The van der Waals surface area contributed by atoms with Gasteiger partial charge >= 0.3 is 0 Å². The molecule has 2 nitrogen and oxygen atoms in total. The van der Waals surface area contributed by atoms with Crippen LogP contribution in [0.5, 0.6) is 0 Å². The van der Waals surface area contributed by atoms with Gasteiger partial charge in [0, 0.05) is 11.6 Å². The molecule has 1 N–H and O–H groups in total. The maximum atomic E-state index is 10.3. The predicted octanol–water partition coefficient (Wildman–Crippen LogP) is 3.04. The van der Waals surface area contributed by atoms with Crippen molar-refractivity contribution in [1.29, 1.82) is 0 Å². The Bertz CT molecular complexity index is 623. The van der Waals surface area contributed by atoms with Crippen LogP contribution in [0.3, 0.4) is 0 Å². The summed E-state index contributed by atoms with van der Waals surface area (Å²) in [5.41, 5.74) is 1.60. The number of pyridine rings is 1. The standard InChI is InChI=1S/C15H12NO/c17-15(12-6-1-2-7-12)14-13-8-4-3-5-11(13)9-10-16-14/h1-10,15,17H/q-1. The van der Waals surface area contributed by atoms with Gasteiger partial charge in [0.1, 0.15) is 0 Å². The second-order valence-electron chi connectivity index (χ2n) is 4.04. The lowest BCUT2D eigenvalue weighted by molar-refractivity contribution is 0.217. The SMILES string of the molecule is OC(c1cc[cH-]c1)c1nccc2ccccc12. The van der Waals surface area contributed by atoms with E-state index in [4.69, 9.17) is 0 Å². The molecule has 0 saturated carbocycles. The summed E-state index contributed by atoms with van der Waals surface area (Å²) in [6.45, 7) is 0. The molecule has 0 radical (unpaired) electrons. The summed E-state index contributed by atoms with van der Waals surface area (Å²) in [5, 5.41) is 12.4. The molecular formula is C15H12NO-. The molecule has 1 heterocycles. The smallest absolute Gasteiger partial charge is 0.0684 e. The highest BCUT2D eigenvalue weighted by Crippen LogP contribution is 2.26. The molecule has 1 atom stereocenters. The highest BCUT2D eigenvalue weighted by Gasteiger charge is 2.09. The van der Waals surface area contributed by atoms with Crippen LogP contribution < -0.4 is 0 Å². The fourth-order valence-electron chi connectivity index (χ4n) is 2.09. The highest BCUT2D eigenvalue weighted by atomic mass is 16.3. The van der Waals surface area contributed by atoms with E-state index in [1.807, 2.05) is 54.6 Å². The van der Waals surface area contributed by atoms with Gasteiger partial charge in [0.05, 0.1) is 11.8 Å². The van der Waals surface area contributed by atoms with Crippen molar-refractivity contribution < 1.29 is 5.11 Å². The van der Waals surface area contributed by atoms with Gasteiger partial charge in [0.25, 0.3) is 0 Å². The first-order valence-corrected chi connectivity index (χ1v) is 5.59.